The molecule has 0 saturated carbocycles. The van der Waals surface area contributed by atoms with Crippen LogP contribution in [0.5, 0.6) is 0 Å². The zero-order valence-corrected chi connectivity index (χ0v) is 10.0. The van der Waals surface area contributed by atoms with Gasteiger partial charge in [-0.2, -0.15) is 0 Å². The first-order valence-electron chi connectivity index (χ1n) is 5.33. The van der Waals surface area contributed by atoms with Crippen molar-refractivity contribution in [2.75, 3.05) is 13.7 Å². The Morgan fingerprint density at radius 3 is 2.87 bits per heavy atom. The maximum atomic E-state index is 5.35. The van der Waals surface area contributed by atoms with Crippen LogP contribution in [0.4, 0.5) is 0 Å². The molecule has 0 spiro atoms. The van der Waals surface area contributed by atoms with Gasteiger partial charge in [-0.1, -0.05) is 0 Å². The van der Waals surface area contributed by atoms with Gasteiger partial charge >= 0.3 is 0 Å². The molecule has 0 aliphatic rings. The summed E-state index contributed by atoms with van der Waals surface area (Å²) in [5, 5.41) is 3.40. The highest BCUT2D eigenvalue weighted by atomic mass is 16.5. The number of imidazole rings is 1. The highest BCUT2D eigenvalue weighted by molar-refractivity contribution is 4.93. The Balaban J connectivity index is 2.26. The van der Waals surface area contributed by atoms with Crippen molar-refractivity contribution in [3.05, 3.63) is 18.2 Å². The van der Waals surface area contributed by atoms with E-state index in [0.717, 1.165) is 18.8 Å². The third kappa shape index (κ3) is 4.01. The van der Waals surface area contributed by atoms with E-state index in [1.54, 1.807) is 13.3 Å². The molecule has 4 heteroatoms. The second-order valence-electron chi connectivity index (χ2n) is 4.36. The van der Waals surface area contributed by atoms with Crippen LogP contribution in [-0.4, -0.2) is 29.2 Å². The maximum absolute atomic E-state index is 5.35. The summed E-state index contributed by atoms with van der Waals surface area (Å²) in [6, 6.07) is 0.257. The van der Waals surface area contributed by atoms with Crippen LogP contribution in [0, 0.1) is 0 Å². The first-order chi connectivity index (χ1) is 7.05. The Bertz CT molecular complexity index is 269. The van der Waals surface area contributed by atoms with Crippen LogP contribution in [0.1, 0.15) is 39.1 Å². The Labute approximate surface area is 91.4 Å². The Morgan fingerprint density at radius 2 is 2.33 bits per heavy atom. The van der Waals surface area contributed by atoms with E-state index in [2.05, 4.69) is 36.1 Å². The molecule has 15 heavy (non-hydrogen) atoms. The summed E-state index contributed by atoms with van der Waals surface area (Å²) < 4.78 is 5.35. The van der Waals surface area contributed by atoms with E-state index in [-0.39, 0.29) is 11.6 Å². The maximum Gasteiger partial charge on any atom is 0.122 e. The molecular weight excluding hydrogens is 190 g/mol. The molecule has 4 nitrogen and oxygen atoms in total. The summed E-state index contributed by atoms with van der Waals surface area (Å²) in [5.74, 6) is 0.977. The minimum atomic E-state index is -0.0596. The van der Waals surface area contributed by atoms with Crippen molar-refractivity contribution in [1.29, 1.82) is 0 Å². The van der Waals surface area contributed by atoms with Gasteiger partial charge in [-0.25, -0.2) is 4.98 Å². The molecule has 1 rings (SSSR count). The number of aromatic amines is 1. The first kappa shape index (κ1) is 12.2. The summed E-state index contributed by atoms with van der Waals surface area (Å²) in [6.07, 6.45) is 4.59. The lowest BCUT2D eigenvalue weighted by molar-refractivity contribution is 0.0154. The molecule has 0 aliphatic carbocycles. The molecule has 0 aromatic carbocycles. The van der Waals surface area contributed by atoms with Crippen LogP contribution in [0.25, 0.3) is 0 Å². The number of ether oxygens (including phenoxy) is 1. The van der Waals surface area contributed by atoms with E-state index in [1.165, 1.54) is 0 Å². The van der Waals surface area contributed by atoms with Gasteiger partial charge in [0.1, 0.15) is 5.82 Å². The standard InChI is InChI=1S/C11H21N3O/c1-9(10-13-7-8-14-10)12-6-5-11(2,3)15-4/h7-9,12H,5-6H2,1-4H3,(H,13,14). The van der Waals surface area contributed by atoms with E-state index in [9.17, 15) is 0 Å². The van der Waals surface area contributed by atoms with E-state index < -0.39 is 0 Å². The fourth-order valence-electron chi connectivity index (χ4n) is 1.30. The Hall–Kier alpha value is -0.870. The zero-order chi connectivity index (χ0) is 11.3. The molecule has 0 saturated heterocycles. The SMILES string of the molecule is COC(C)(C)CCNC(C)c1ncc[nH]1. The third-order valence-corrected chi connectivity index (χ3v) is 2.66. The van der Waals surface area contributed by atoms with Crippen molar-refractivity contribution in [3.63, 3.8) is 0 Å². The normalized spacial score (nSPS) is 14.1. The molecule has 1 atom stereocenters. The number of hydrogen-bond donors (Lipinski definition) is 2. The van der Waals surface area contributed by atoms with Crippen LogP contribution in [0.15, 0.2) is 12.4 Å². The summed E-state index contributed by atoms with van der Waals surface area (Å²) in [5.41, 5.74) is -0.0596. The average molecular weight is 211 g/mol. The fourth-order valence-corrected chi connectivity index (χ4v) is 1.30. The molecule has 0 radical (unpaired) electrons. The molecule has 1 aromatic heterocycles. The van der Waals surface area contributed by atoms with Gasteiger partial charge in [0.25, 0.3) is 0 Å². The number of H-pyrrole nitrogens is 1. The number of aromatic nitrogens is 2. The van der Waals surface area contributed by atoms with E-state index >= 15 is 0 Å². The van der Waals surface area contributed by atoms with Gasteiger partial charge in [-0.05, 0) is 33.7 Å². The summed E-state index contributed by atoms with van der Waals surface area (Å²) >= 11 is 0. The lowest BCUT2D eigenvalue weighted by Gasteiger charge is -2.23. The molecular formula is C11H21N3O. The minimum Gasteiger partial charge on any atom is -0.379 e. The smallest absolute Gasteiger partial charge is 0.122 e. The second kappa shape index (κ2) is 5.28. The number of rotatable bonds is 6. The van der Waals surface area contributed by atoms with Crippen molar-refractivity contribution in [2.24, 2.45) is 0 Å². The second-order valence-corrected chi connectivity index (χ2v) is 4.36. The lowest BCUT2D eigenvalue weighted by atomic mass is 10.1. The number of nitrogens with zero attached hydrogens (tertiary/aromatic N) is 1. The topological polar surface area (TPSA) is 49.9 Å². The van der Waals surface area contributed by atoms with Gasteiger partial charge in [0.15, 0.2) is 0 Å². The van der Waals surface area contributed by atoms with E-state index in [1.807, 2.05) is 6.20 Å². The third-order valence-electron chi connectivity index (χ3n) is 2.66. The van der Waals surface area contributed by atoms with Crippen molar-refractivity contribution in [3.8, 4) is 0 Å². The molecule has 0 amide bonds. The molecule has 0 fully saturated rings. The molecule has 2 N–H and O–H groups in total. The fraction of sp³-hybridized carbons (Fsp3) is 0.727. The molecule has 0 aliphatic heterocycles. The van der Waals surface area contributed by atoms with Crippen LogP contribution < -0.4 is 5.32 Å². The molecule has 86 valence electrons. The molecule has 1 aromatic rings. The number of methoxy groups -OCH3 is 1. The quantitative estimate of drug-likeness (QED) is 0.755. The molecule has 0 bridgehead atoms. The highest BCUT2D eigenvalue weighted by Crippen LogP contribution is 2.13. The van der Waals surface area contributed by atoms with E-state index in [4.69, 9.17) is 4.74 Å². The summed E-state index contributed by atoms with van der Waals surface area (Å²) in [4.78, 5) is 7.30. The molecule has 1 unspecified atom stereocenters. The van der Waals surface area contributed by atoms with Gasteiger partial charge < -0.3 is 15.0 Å². The van der Waals surface area contributed by atoms with Gasteiger partial charge in [0, 0.05) is 19.5 Å². The van der Waals surface area contributed by atoms with Crippen LogP contribution in [0.2, 0.25) is 0 Å². The lowest BCUT2D eigenvalue weighted by Crippen LogP contribution is -2.30. The van der Waals surface area contributed by atoms with Crippen LogP contribution in [-0.2, 0) is 4.74 Å². The predicted octanol–water partition coefficient (Wildman–Crippen LogP) is 1.88. The van der Waals surface area contributed by atoms with Gasteiger partial charge in [-0.3, -0.25) is 0 Å². The first-order valence-corrected chi connectivity index (χ1v) is 5.33. The molecule has 1 heterocycles. The van der Waals surface area contributed by atoms with Gasteiger partial charge in [-0.15, -0.1) is 0 Å². The van der Waals surface area contributed by atoms with E-state index in [0.29, 0.717) is 0 Å². The summed E-state index contributed by atoms with van der Waals surface area (Å²) in [6.45, 7) is 7.19. The zero-order valence-electron chi connectivity index (χ0n) is 10.0. The predicted molar refractivity (Wildman–Crippen MR) is 60.7 cm³/mol. The van der Waals surface area contributed by atoms with Crippen molar-refractivity contribution >= 4 is 0 Å². The highest BCUT2D eigenvalue weighted by Gasteiger charge is 2.16. The average Bonchev–Trinajstić information content (AvgIpc) is 2.70. The largest absolute Gasteiger partial charge is 0.379 e. The van der Waals surface area contributed by atoms with Gasteiger partial charge in [0.2, 0.25) is 0 Å². The van der Waals surface area contributed by atoms with Crippen LogP contribution in [0.3, 0.4) is 0 Å². The van der Waals surface area contributed by atoms with Crippen LogP contribution >= 0.6 is 0 Å². The number of nitrogens with one attached hydrogen (secondary N) is 2. The number of hydrogen-bond acceptors (Lipinski definition) is 3. The minimum absolute atomic E-state index is 0.0596. The monoisotopic (exact) mass is 211 g/mol. The van der Waals surface area contributed by atoms with Crippen molar-refractivity contribution < 1.29 is 4.74 Å². The Kier molecular flexibility index (Phi) is 4.29. The van der Waals surface area contributed by atoms with Gasteiger partial charge in [0.05, 0.1) is 11.6 Å². The Morgan fingerprint density at radius 1 is 1.60 bits per heavy atom. The summed E-state index contributed by atoms with van der Waals surface area (Å²) in [7, 11) is 1.75. The van der Waals surface area contributed by atoms with Crippen molar-refractivity contribution in [2.45, 2.75) is 38.8 Å². The van der Waals surface area contributed by atoms with Crippen molar-refractivity contribution in [1.82, 2.24) is 15.3 Å².